The Labute approximate surface area is 109 Å². The molecular weight excluding hydrogens is 229 g/mol. The van der Waals surface area contributed by atoms with Crippen LogP contribution in [0.4, 0.5) is 4.39 Å². The quantitative estimate of drug-likeness (QED) is 0.462. The highest BCUT2D eigenvalue weighted by molar-refractivity contribution is 5.79. The number of guanidine groups is 1. The van der Waals surface area contributed by atoms with Gasteiger partial charge in [0.05, 0.1) is 0 Å². The Morgan fingerprint density at radius 1 is 1.22 bits per heavy atom. The number of hydrogen-bond acceptors (Lipinski definition) is 1. The largest absolute Gasteiger partial charge is 0.357 e. The lowest BCUT2D eigenvalue weighted by atomic mass is 10.1. The van der Waals surface area contributed by atoms with Crippen molar-refractivity contribution in [1.29, 1.82) is 0 Å². The Bertz CT molecular complexity index is 369. The molecule has 100 valence electrons. The van der Waals surface area contributed by atoms with Crippen LogP contribution in [0.3, 0.4) is 0 Å². The first-order chi connectivity index (χ1) is 8.76. The molecule has 2 N–H and O–H groups in total. The molecule has 18 heavy (non-hydrogen) atoms. The van der Waals surface area contributed by atoms with Gasteiger partial charge in [-0.1, -0.05) is 12.1 Å². The highest BCUT2D eigenvalue weighted by atomic mass is 19.1. The lowest BCUT2D eigenvalue weighted by molar-refractivity contribution is 0.624. The maximum Gasteiger partial charge on any atom is 0.191 e. The van der Waals surface area contributed by atoms with Gasteiger partial charge in [0, 0.05) is 19.6 Å². The van der Waals surface area contributed by atoms with Gasteiger partial charge in [-0.25, -0.2) is 4.39 Å². The van der Waals surface area contributed by atoms with Crippen LogP contribution in [0.2, 0.25) is 0 Å². The van der Waals surface area contributed by atoms with Crippen molar-refractivity contribution in [3.05, 3.63) is 35.6 Å². The summed E-state index contributed by atoms with van der Waals surface area (Å²) in [6.45, 7) is 6.54. The molecule has 0 radical (unpaired) electrons. The van der Waals surface area contributed by atoms with E-state index in [0.717, 1.165) is 44.0 Å². The van der Waals surface area contributed by atoms with E-state index in [9.17, 15) is 4.39 Å². The first-order valence-electron chi connectivity index (χ1n) is 6.53. The SMILES string of the molecule is CCNC(=NCCCc1cccc(F)c1)NCC. The van der Waals surface area contributed by atoms with Crippen LogP contribution in [0.1, 0.15) is 25.8 Å². The first-order valence-corrected chi connectivity index (χ1v) is 6.53. The van der Waals surface area contributed by atoms with Gasteiger partial charge in [0.15, 0.2) is 5.96 Å². The summed E-state index contributed by atoms with van der Waals surface area (Å²) >= 11 is 0. The van der Waals surface area contributed by atoms with Crippen LogP contribution in [0.15, 0.2) is 29.3 Å². The molecule has 0 aliphatic heterocycles. The van der Waals surface area contributed by atoms with Crippen molar-refractivity contribution < 1.29 is 4.39 Å². The van der Waals surface area contributed by atoms with Crippen molar-refractivity contribution in [3.63, 3.8) is 0 Å². The van der Waals surface area contributed by atoms with Crippen molar-refractivity contribution in [2.75, 3.05) is 19.6 Å². The molecule has 0 unspecified atom stereocenters. The third-order valence-corrected chi connectivity index (χ3v) is 2.47. The molecule has 0 aliphatic carbocycles. The Kier molecular flexibility index (Phi) is 6.84. The average molecular weight is 251 g/mol. The molecule has 0 heterocycles. The summed E-state index contributed by atoms with van der Waals surface area (Å²) in [5.74, 6) is 0.677. The van der Waals surface area contributed by atoms with Crippen LogP contribution in [0, 0.1) is 5.82 Å². The summed E-state index contributed by atoms with van der Waals surface area (Å²) in [5, 5.41) is 6.34. The molecule has 0 spiro atoms. The summed E-state index contributed by atoms with van der Waals surface area (Å²) in [6, 6.07) is 6.74. The second-order valence-corrected chi connectivity index (χ2v) is 4.02. The zero-order chi connectivity index (χ0) is 13.2. The maximum atomic E-state index is 13.0. The molecular formula is C14H22FN3. The minimum absolute atomic E-state index is 0.169. The summed E-state index contributed by atoms with van der Waals surface area (Å²) in [6.07, 6.45) is 1.77. The van der Waals surface area contributed by atoms with Gasteiger partial charge < -0.3 is 10.6 Å². The summed E-state index contributed by atoms with van der Waals surface area (Å²) < 4.78 is 13.0. The normalized spacial score (nSPS) is 9.94. The third kappa shape index (κ3) is 5.66. The zero-order valence-electron chi connectivity index (χ0n) is 11.2. The molecule has 0 aliphatic rings. The van der Waals surface area contributed by atoms with Crippen molar-refractivity contribution in [2.24, 2.45) is 4.99 Å². The highest BCUT2D eigenvalue weighted by Gasteiger charge is 1.96. The monoisotopic (exact) mass is 251 g/mol. The van der Waals surface area contributed by atoms with E-state index in [1.165, 1.54) is 6.07 Å². The van der Waals surface area contributed by atoms with Crippen LogP contribution in [-0.4, -0.2) is 25.6 Å². The van der Waals surface area contributed by atoms with Crippen LogP contribution in [-0.2, 0) is 6.42 Å². The van der Waals surface area contributed by atoms with Crippen LogP contribution < -0.4 is 10.6 Å². The average Bonchev–Trinajstić information content (AvgIpc) is 2.35. The molecule has 0 saturated carbocycles. The van der Waals surface area contributed by atoms with Gasteiger partial charge in [0.25, 0.3) is 0 Å². The van der Waals surface area contributed by atoms with E-state index in [1.807, 2.05) is 19.9 Å². The fourth-order valence-corrected chi connectivity index (χ4v) is 1.68. The molecule has 0 amide bonds. The Morgan fingerprint density at radius 3 is 2.56 bits per heavy atom. The number of halogens is 1. The highest BCUT2D eigenvalue weighted by Crippen LogP contribution is 2.05. The predicted octanol–water partition coefficient (Wildman–Crippen LogP) is 2.33. The van der Waals surface area contributed by atoms with Gasteiger partial charge in [0.2, 0.25) is 0 Å². The molecule has 3 nitrogen and oxygen atoms in total. The van der Waals surface area contributed by atoms with Crippen molar-refractivity contribution >= 4 is 5.96 Å². The topological polar surface area (TPSA) is 36.4 Å². The third-order valence-electron chi connectivity index (χ3n) is 2.47. The molecule has 1 aromatic rings. The van der Waals surface area contributed by atoms with Crippen molar-refractivity contribution in [2.45, 2.75) is 26.7 Å². The standard InChI is InChI=1S/C14H22FN3/c1-3-16-14(17-4-2)18-10-6-8-12-7-5-9-13(15)11-12/h5,7,9,11H,3-4,6,8,10H2,1-2H3,(H2,16,17,18). The number of nitrogens with one attached hydrogen (secondary N) is 2. The molecule has 4 heteroatoms. The fraction of sp³-hybridized carbons (Fsp3) is 0.500. The lowest BCUT2D eigenvalue weighted by Crippen LogP contribution is -2.37. The van der Waals surface area contributed by atoms with Gasteiger partial charge in [-0.05, 0) is 44.4 Å². The minimum Gasteiger partial charge on any atom is -0.357 e. The smallest absolute Gasteiger partial charge is 0.191 e. The molecule has 0 bridgehead atoms. The van der Waals surface area contributed by atoms with E-state index in [0.29, 0.717) is 0 Å². The molecule has 0 atom stereocenters. The number of aryl methyl sites for hydroxylation is 1. The predicted molar refractivity (Wildman–Crippen MR) is 74.4 cm³/mol. The second kappa shape index (κ2) is 8.50. The van der Waals surface area contributed by atoms with Gasteiger partial charge in [-0.15, -0.1) is 0 Å². The summed E-state index contributed by atoms with van der Waals surface area (Å²) in [7, 11) is 0. The molecule has 0 fully saturated rings. The molecule has 0 aromatic heterocycles. The van der Waals surface area contributed by atoms with Crippen LogP contribution in [0.5, 0.6) is 0 Å². The Hall–Kier alpha value is -1.58. The molecule has 0 saturated heterocycles. The van der Waals surface area contributed by atoms with Crippen LogP contribution >= 0.6 is 0 Å². The number of rotatable bonds is 6. The van der Waals surface area contributed by atoms with E-state index < -0.39 is 0 Å². The van der Waals surface area contributed by atoms with Gasteiger partial charge in [0.1, 0.15) is 5.82 Å². The first kappa shape index (κ1) is 14.5. The number of hydrogen-bond donors (Lipinski definition) is 2. The van der Waals surface area contributed by atoms with Crippen molar-refractivity contribution in [1.82, 2.24) is 10.6 Å². The number of nitrogens with zero attached hydrogens (tertiary/aromatic N) is 1. The van der Waals surface area contributed by atoms with Gasteiger partial charge in [-0.2, -0.15) is 0 Å². The number of aliphatic imine (C=N–C) groups is 1. The molecule has 1 aromatic carbocycles. The van der Waals surface area contributed by atoms with Gasteiger partial charge >= 0.3 is 0 Å². The van der Waals surface area contributed by atoms with Gasteiger partial charge in [-0.3, -0.25) is 4.99 Å². The summed E-state index contributed by atoms with van der Waals surface area (Å²) in [5.41, 5.74) is 1.03. The minimum atomic E-state index is -0.169. The van der Waals surface area contributed by atoms with E-state index in [4.69, 9.17) is 0 Å². The van der Waals surface area contributed by atoms with E-state index >= 15 is 0 Å². The fourth-order valence-electron chi connectivity index (χ4n) is 1.68. The van der Waals surface area contributed by atoms with E-state index in [-0.39, 0.29) is 5.82 Å². The second-order valence-electron chi connectivity index (χ2n) is 4.02. The lowest BCUT2D eigenvalue weighted by Gasteiger charge is -2.08. The Balaban J connectivity index is 2.34. The van der Waals surface area contributed by atoms with Crippen LogP contribution in [0.25, 0.3) is 0 Å². The van der Waals surface area contributed by atoms with E-state index in [1.54, 1.807) is 12.1 Å². The Morgan fingerprint density at radius 2 is 1.94 bits per heavy atom. The van der Waals surface area contributed by atoms with E-state index in [2.05, 4.69) is 15.6 Å². The zero-order valence-corrected chi connectivity index (χ0v) is 11.2. The maximum absolute atomic E-state index is 13.0. The molecule has 1 rings (SSSR count). The van der Waals surface area contributed by atoms with Crippen molar-refractivity contribution in [3.8, 4) is 0 Å². The summed E-state index contributed by atoms with van der Waals surface area (Å²) in [4.78, 5) is 4.44. The number of benzene rings is 1.